The van der Waals surface area contributed by atoms with Crippen molar-refractivity contribution in [3.63, 3.8) is 0 Å². The van der Waals surface area contributed by atoms with E-state index in [2.05, 4.69) is 29.2 Å². The highest BCUT2D eigenvalue weighted by Crippen LogP contribution is 2.16. The number of nitrogens with zero attached hydrogens (tertiary/aromatic N) is 3. The third-order valence-electron chi connectivity index (χ3n) is 3.68. The van der Waals surface area contributed by atoms with Gasteiger partial charge in [-0.3, -0.25) is 4.79 Å². The second kappa shape index (κ2) is 7.43. The van der Waals surface area contributed by atoms with Crippen LogP contribution in [0.3, 0.4) is 0 Å². The zero-order valence-corrected chi connectivity index (χ0v) is 12.6. The molecule has 1 aromatic heterocycles. The third-order valence-corrected chi connectivity index (χ3v) is 3.68. The van der Waals surface area contributed by atoms with E-state index in [1.54, 1.807) is 10.7 Å². The van der Waals surface area contributed by atoms with E-state index in [0.29, 0.717) is 12.6 Å². The monoisotopic (exact) mass is 278 g/mol. The van der Waals surface area contributed by atoms with Crippen molar-refractivity contribution in [1.82, 2.24) is 15.1 Å². The van der Waals surface area contributed by atoms with Crippen molar-refractivity contribution in [2.24, 2.45) is 0 Å². The molecule has 0 radical (unpaired) electrons. The molecule has 0 saturated carbocycles. The van der Waals surface area contributed by atoms with Crippen LogP contribution in [-0.2, 0) is 6.54 Å². The third kappa shape index (κ3) is 4.34. The van der Waals surface area contributed by atoms with Gasteiger partial charge in [-0.25, -0.2) is 4.68 Å². The molecule has 1 aromatic rings. The molecule has 2 heterocycles. The van der Waals surface area contributed by atoms with E-state index in [9.17, 15) is 4.79 Å². The summed E-state index contributed by atoms with van der Waals surface area (Å²) in [4.78, 5) is 14.3. The van der Waals surface area contributed by atoms with Gasteiger partial charge in [-0.2, -0.15) is 5.10 Å². The molecule has 1 N–H and O–H groups in total. The first-order chi connectivity index (χ1) is 9.66. The van der Waals surface area contributed by atoms with Crippen LogP contribution in [-0.4, -0.2) is 35.5 Å². The molecule has 0 bridgehead atoms. The van der Waals surface area contributed by atoms with E-state index in [-0.39, 0.29) is 5.56 Å². The van der Waals surface area contributed by atoms with Crippen LogP contribution in [0.5, 0.6) is 0 Å². The maximum Gasteiger partial charge on any atom is 0.268 e. The van der Waals surface area contributed by atoms with Gasteiger partial charge < -0.3 is 10.2 Å². The molecule has 0 unspecified atom stereocenters. The maximum absolute atomic E-state index is 12.1. The smallest absolute Gasteiger partial charge is 0.268 e. The van der Waals surface area contributed by atoms with Crippen molar-refractivity contribution in [3.05, 3.63) is 22.6 Å². The van der Waals surface area contributed by atoms with Gasteiger partial charge in [0.2, 0.25) is 0 Å². The largest absolute Gasteiger partial charge is 0.370 e. The van der Waals surface area contributed by atoms with Crippen molar-refractivity contribution >= 4 is 5.69 Å². The van der Waals surface area contributed by atoms with E-state index in [1.165, 1.54) is 19.3 Å². The van der Waals surface area contributed by atoms with Crippen LogP contribution in [0.15, 0.2) is 17.1 Å². The van der Waals surface area contributed by atoms with Crippen molar-refractivity contribution in [2.75, 3.05) is 24.5 Å². The summed E-state index contributed by atoms with van der Waals surface area (Å²) in [5.41, 5.74) is 0.990. The predicted molar refractivity (Wildman–Crippen MR) is 82.3 cm³/mol. The fourth-order valence-corrected chi connectivity index (χ4v) is 2.54. The molecule has 0 amide bonds. The number of aryl methyl sites for hydroxylation is 1. The van der Waals surface area contributed by atoms with Crippen molar-refractivity contribution in [1.29, 1.82) is 0 Å². The Morgan fingerprint density at radius 2 is 2.05 bits per heavy atom. The molecule has 0 aromatic carbocycles. The van der Waals surface area contributed by atoms with Crippen molar-refractivity contribution in [3.8, 4) is 0 Å². The predicted octanol–water partition coefficient (Wildman–Crippen LogP) is 1.62. The Balaban J connectivity index is 1.90. The molecule has 1 saturated heterocycles. The van der Waals surface area contributed by atoms with Gasteiger partial charge >= 0.3 is 0 Å². The van der Waals surface area contributed by atoms with Crippen LogP contribution >= 0.6 is 0 Å². The lowest BCUT2D eigenvalue weighted by Gasteiger charge is -2.28. The number of nitrogens with one attached hydrogen (secondary N) is 1. The van der Waals surface area contributed by atoms with Crippen LogP contribution in [0.25, 0.3) is 0 Å². The van der Waals surface area contributed by atoms with Gasteiger partial charge in [0, 0.05) is 31.7 Å². The SMILES string of the molecule is CC(C)NCCCn1ncc(N2CCCCC2)cc1=O. The molecule has 1 aliphatic rings. The normalized spacial score (nSPS) is 15.8. The van der Waals surface area contributed by atoms with Crippen molar-refractivity contribution in [2.45, 2.75) is 52.1 Å². The Morgan fingerprint density at radius 3 is 2.70 bits per heavy atom. The standard InChI is InChI=1S/C15H26N4O/c1-13(2)16-7-6-10-19-15(20)11-14(12-17-19)18-8-4-3-5-9-18/h11-13,16H,3-10H2,1-2H3. The van der Waals surface area contributed by atoms with Crippen LogP contribution in [0, 0.1) is 0 Å². The molecule has 1 aliphatic heterocycles. The van der Waals surface area contributed by atoms with Gasteiger partial charge in [-0.15, -0.1) is 0 Å². The highest BCUT2D eigenvalue weighted by Gasteiger charge is 2.12. The first kappa shape index (κ1) is 15.0. The summed E-state index contributed by atoms with van der Waals surface area (Å²) in [6, 6.07) is 2.22. The number of piperidine rings is 1. The summed E-state index contributed by atoms with van der Waals surface area (Å²) >= 11 is 0. The molecule has 5 nitrogen and oxygen atoms in total. The van der Waals surface area contributed by atoms with Crippen LogP contribution < -0.4 is 15.8 Å². The molecule has 0 atom stereocenters. The van der Waals surface area contributed by atoms with E-state index in [4.69, 9.17) is 0 Å². The summed E-state index contributed by atoms with van der Waals surface area (Å²) in [6.45, 7) is 7.93. The van der Waals surface area contributed by atoms with Crippen LogP contribution in [0.2, 0.25) is 0 Å². The maximum atomic E-state index is 12.1. The van der Waals surface area contributed by atoms with E-state index < -0.39 is 0 Å². The van der Waals surface area contributed by atoms with Gasteiger partial charge in [0.1, 0.15) is 0 Å². The molecule has 0 aliphatic carbocycles. The summed E-state index contributed by atoms with van der Waals surface area (Å²) in [7, 11) is 0. The van der Waals surface area contributed by atoms with E-state index >= 15 is 0 Å². The van der Waals surface area contributed by atoms with Crippen molar-refractivity contribution < 1.29 is 0 Å². The Labute approximate surface area is 121 Å². The Hall–Kier alpha value is -1.36. The highest BCUT2D eigenvalue weighted by atomic mass is 16.1. The Bertz CT molecular complexity index is 463. The van der Waals surface area contributed by atoms with Gasteiger partial charge in [0.05, 0.1) is 11.9 Å². The van der Waals surface area contributed by atoms with E-state index in [0.717, 1.165) is 31.7 Å². The van der Waals surface area contributed by atoms with Gasteiger partial charge in [-0.1, -0.05) is 13.8 Å². The molecule has 2 rings (SSSR count). The molecular weight excluding hydrogens is 252 g/mol. The van der Waals surface area contributed by atoms with Gasteiger partial charge in [0.15, 0.2) is 0 Å². The lowest BCUT2D eigenvalue weighted by Crippen LogP contribution is -2.32. The number of hydrogen-bond donors (Lipinski definition) is 1. The van der Waals surface area contributed by atoms with E-state index in [1.807, 2.05) is 6.20 Å². The second-order valence-corrected chi connectivity index (χ2v) is 5.79. The number of aromatic nitrogens is 2. The number of rotatable bonds is 6. The van der Waals surface area contributed by atoms with Crippen LogP contribution in [0.1, 0.15) is 39.5 Å². The molecule has 1 fully saturated rings. The summed E-state index contributed by atoms with van der Waals surface area (Å²) in [6.07, 6.45) is 6.48. The lowest BCUT2D eigenvalue weighted by molar-refractivity contribution is 0.498. The summed E-state index contributed by atoms with van der Waals surface area (Å²) in [5.74, 6) is 0. The molecular formula is C15H26N4O. The average Bonchev–Trinajstić information content (AvgIpc) is 2.45. The first-order valence-corrected chi connectivity index (χ1v) is 7.72. The summed E-state index contributed by atoms with van der Waals surface area (Å²) < 4.78 is 1.56. The van der Waals surface area contributed by atoms with Crippen LogP contribution in [0.4, 0.5) is 5.69 Å². The fourth-order valence-electron chi connectivity index (χ4n) is 2.54. The zero-order chi connectivity index (χ0) is 14.4. The Kier molecular flexibility index (Phi) is 5.59. The minimum absolute atomic E-state index is 0.0117. The zero-order valence-electron chi connectivity index (χ0n) is 12.6. The Morgan fingerprint density at radius 1 is 1.30 bits per heavy atom. The quantitative estimate of drug-likeness (QED) is 0.803. The molecule has 20 heavy (non-hydrogen) atoms. The first-order valence-electron chi connectivity index (χ1n) is 7.72. The molecule has 0 spiro atoms. The fraction of sp³-hybridized carbons (Fsp3) is 0.733. The summed E-state index contributed by atoms with van der Waals surface area (Å²) in [5, 5.41) is 7.65. The number of anilines is 1. The van der Waals surface area contributed by atoms with Gasteiger partial charge in [0.25, 0.3) is 5.56 Å². The number of hydrogen-bond acceptors (Lipinski definition) is 4. The van der Waals surface area contributed by atoms with Gasteiger partial charge in [-0.05, 0) is 32.2 Å². The lowest BCUT2D eigenvalue weighted by atomic mass is 10.1. The average molecular weight is 278 g/mol. The minimum atomic E-state index is 0.0117. The molecule has 112 valence electrons. The second-order valence-electron chi connectivity index (χ2n) is 5.79. The highest BCUT2D eigenvalue weighted by molar-refractivity contribution is 5.43. The topological polar surface area (TPSA) is 50.2 Å². The molecule has 5 heteroatoms. The minimum Gasteiger partial charge on any atom is -0.370 e.